The fraction of sp³-hybridized carbons (Fsp3) is 0.583. The van der Waals surface area contributed by atoms with Crippen LogP contribution in [-0.2, 0) is 0 Å². The highest BCUT2D eigenvalue weighted by Crippen LogP contribution is 2.25. The first-order chi connectivity index (χ1) is 8.15. The van der Waals surface area contributed by atoms with E-state index in [0.29, 0.717) is 18.0 Å². The lowest BCUT2D eigenvalue weighted by molar-refractivity contribution is 0.284. The largest absolute Gasteiger partial charge is 0.300 e. The van der Waals surface area contributed by atoms with Gasteiger partial charge < -0.3 is 4.90 Å². The smallest absolute Gasteiger partial charge is 0.114 e. The fourth-order valence-corrected chi connectivity index (χ4v) is 2.41. The van der Waals surface area contributed by atoms with Crippen molar-refractivity contribution in [3.05, 3.63) is 29.0 Å². The van der Waals surface area contributed by atoms with E-state index in [0.717, 1.165) is 25.2 Å². The Labute approximate surface area is 111 Å². The van der Waals surface area contributed by atoms with Gasteiger partial charge in [0.1, 0.15) is 6.17 Å². The third-order valence-corrected chi connectivity index (χ3v) is 3.65. The van der Waals surface area contributed by atoms with Gasteiger partial charge in [0.05, 0.1) is 11.1 Å². The second-order valence-electron chi connectivity index (χ2n) is 4.34. The molecule has 17 heavy (non-hydrogen) atoms. The first kappa shape index (κ1) is 13.1. The Bertz CT molecular complexity index is 375. The summed E-state index contributed by atoms with van der Waals surface area (Å²) in [5, 5.41) is 0.484. The second kappa shape index (κ2) is 5.98. The van der Waals surface area contributed by atoms with Gasteiger partial charge in [-0.05, 0) is 25.0 Å². The van der Waals surface area contributed by atoms with E-state index in [-0.39, 0.29) is 5.38 Å². The standard InChI is InChI=1S/C12H15Cl2FN2/c13-9-1-4-16-12(7-9)11(14)3-6-17-5-2-10(15)8-17/h1,4,7,10-11H,2-3,5-6,8H2. The van der Waals surface area contributed by atoms with E-state index < -0.39 is 6.17 Å². The molecule has 94 valence electrons. The highest BCUT2D eigenvalue weighted by Gasteiger charge is 2.22. The maximum absolute atomic E-state index is 13.0. The highest BCUT2D eigenvalue weighted by molar-refractivity contribution is 6.30. The molecule has 0 saturated carbocycles. The van der Waals surface area contributed by atoms with Crippen LogP contribution in [0, 0.1) is 0 Å². The van der Waals surface area contributed by atoms with E-state index >= 15 is 0 Å². The molecule has 0 N–H and O–H groups in total. The summed E-state index contributed by atoms with van der Waals surface area (Å²) in [5.74, 6) is 0. The van der Waals surface area contributed by atoms with Crippen molar-refractivity contribution in [1.82, 2.24) is 9.88 Å². The number of hydrogen-bond donors (Lipinski definition) is 0. The lowest BCUT2D eigenvalue weighted by Gasteiger charge is -2.16. The molecule has 1 fully saturated rings. The van der Waals surface area contributed by atoms with Crippen LogP contribution in [0.3, 0.4) is 0 Å². The maximum atomic E-state index is 13.0. The quantitative estimate of drug-likeness (QED) is 0.784. The fourth-order valence-electron chi connectivity index (χ4n) is 2.02. The third kappa shape index (κ3) is 3.80. The minimum atomic E-state index is -0.673. The van der Waals surface area contributed by atoms with Gasteiger partial charge in [0.15, 0.2) is 0 Å². The third-order valence-electron chi connectivity index (χ3n) is 2.98. The summed E-state index contributed by atoms with van der Waals surface area (Å²) in [7, 11) is 0. The molecular weight excluding hydrogens is 262 g/mol. The average Bonchev–Trinajstić information content (AvgIpc) is 2.72. The lowest BCUT2D eigenvalue weighted by Crippen LogP contribution is -2.23. The van der Waals surface area contributed by atoms with Crippen LogP contribution in [0.15, 0.2) is 18.3 Å². The van der Waals surface area contributed by atoms with E-state index in [1.807, 2.05) is 0 Å². The van der Waals surface area contributed by atoms with Crippen LogP contribution in [0.1, 0.15) is 23.9 Å². The predicted octanol–water partition coefficient (Wildman–Crippen LogP) is 3.45. The van der Waals surface area contributed by atoms with E-state index in [1.165, 1.54) is 0 Å². The molecule has 2 heterocycles. The molecule has 5 heteroatoms. The van der Waals surface area contributed by atoms with E-state index in [4.69, 9.17) is 23.2 Å². The van der Waals surface area contributed by atoms with Crippen molar-refractivity contribution in [3.63, 3.8) is 0 Å². The number of hydrogen-bond acceptors (Lipinski definition) is 2. The van der Waals surface area contributed by atoms with Crippen LogP contribution in [0.2, 0.25) is 5.02 Å². The minimum Gasteiger partial charge on any atom is -0.300 e. The van der Waals surface area contributed by atoms with Crippen molar-refractivity contribution in [3.8, 4) is 0 Å². The lowest BCUT2D eigenvalue weighted by atomic mass is 10.2. The number of likely N-dealkylation sites (tertiary alicyclic amines) is 1. The van der Waals surface area contributed by atoms with Crippen LogP contribution in [-0.4, -0.2) is 35.7 Å². The number of pyridine rings is 1. The van der Waals surface area contributed by atoms with Crippen molar-refractivity contribution in [1.29, 1.82) is 0 Å². The Morgan fingerprint density at radius 2 is 2.41 bits per heavy atom. The number of aromatic nitrogens is 1. The van der Waals surface area contributed by atoms with Crippen LogP contribution in [0.5, 0.6) is 0 Å². The molecule has 2 unspecified atom stereocenters. The van der Waals surface area contributed by atoms with Gasteiger partial charge in [0.25, 0.3) is 0 Å². The Kier molecular flexibility index (Phi) is 4.60. The van der Waals surface area contributed by atoms with Gasteiger partial charge in [-0.3, -0.25) is 4.98 Å². The van der Waals surface area contributed by atoms with Crippen molar-refractivity contribution in [2.45, 2.75) is 24.4 Å². The van der Waals surface area contributed by atoms with E-state index in [1.54, 1.807) is 18.3 Å². The first-order valence-corrected chi connectivity index (χ1v) is 6.58. The summed E-state index contributed by atoms with van der Waals surface area (Å²) >= 11 is 12.1. The summed E-state index contributed by atoms with van der Waals surface area (Å²) < 4.78 is 13.0. The number of halogens is 3. The molecule has 1 saturated heterocycles. The molecule has 2 rings (SSSR count). The van der Waals surface area contributed by atoms with Gasteiger partial charge >= 0.3 is 0 Å². The number of alkyl halides is 2. The Hall–Kier alpha value is -0.380. The van der Waals surface area contributed by atoms with E-state index in [2.05, 4.69) is 9.88 Å². The zero-order valence-electron chi connectivity index (χ0n) is 9.45. The molecule has 0 aromatic carbocycles. The molecule has 0 bridgehead atoms. The summed E-state index contributed by atoms with van der Waals surface area (Å²) in [6.07, 6.45) is 2.39. The van der Waals surface area contributed by atoms with E-state index in [9.17, 15) is 4.39 Å². The summed E-state index contributed by atoms with van der Waals surface area (Å²) in [5.41, 5.74) is 0.787. The molecule has 0 radical (unpaired) electrons. The number of nitrogens with zero attached hydrogens (tertiary/aromatic N) is 2. The average molecular weight is 277 g/mol. The molecule has 2 atom stereocenters. The van der Waals surface area contributed by atoms with Gasteiger partial charge in [0.2, 0.25) is 0 Å². The molecule has 1 aliphatic rings. The molecule has 0 aliphatic carbocycles. The van der Waals surface area contributed by atoms with Crippen molar-refractivity contribution >= 4 is 23.2 Å². The Balaban J connectivity index is 1.83. The summed E-state index contributed by atoms with van der Waals surface area (Å²) in [4.78, 5) is 6.29. The SMILES string of the molecule is FC1CCN(CCC(Cl)c2cc(Cl)ccn2)C1. The molecule has 0 amide bonds. The second-order valence-corrected chi connectivity index (χ2v) is 5.30. The zero-order chi connectivity index (χ0) is 12.3. The topological polar surface area (TPSA) is 16.1 Å². The van der Waals surface area contributed by atoms with Crippen LogP contribution in [0.4, 0.5) is 4.39 Å². The molecule has 1 aliphatic heterocycles. The Morgan fingerprint density at radius 1 is 1.59 bits per heavy atom. The summed E-state index contributed by atoms with van der Waals surface area (Å²) in [6, 6.07) is 3.50. The molecule has 0 spiro atoms. The van der Waals surface area contributed by atoms with Crippen molar-refractivity contribution in [2.24, 2.45) is 0 Å². The zero-order valence-corrected chi connectivity index (χ0v) is 11.0. The molecule has 2 nitrogen and oxygen atoms in total. The van der Waals surface area contributed by atoms with Gasteiger partial charge in [-0.15, -0.1) is 11.6 Å². The maximum Gasteiger partial charge on any atom is 0.114 e. The monoisotopic (exact) mass is 276 g/mol. The van der Waals surface area contributed by atoms with Gasteiger partial charge in [-0.2, -0.15) is 0 Å². The minimum absolute atomic E-state index is 0.160. The van der Waals surface area contributed by atoms with Gasteiger partial charge in [-0.25, -0.2) is 4.39 Å². The predicted molar refractivity (Wildman–Crippen MR) is 68.4 cm³/mol. The Morgan fingerprint density at radius 3 is 3.06 bits per heavy atom. The van der Waals surface area contributed by atoms with Crippen LogP contribution < -0.4 is 0 Å². The van der Waals surface area contributed by atoms with Crippen LogP contribution >= 0.6 is 23.2 Å². The van der Waals surface area contributed by atoms with Crippen molar-refractivity contribution in [2.75, 3.05) is 19.6 Å². The van der Waals surface area contributed by atoms with Crippen LogP contribution in [0.25, 0.3) is 0 Å². The van der Waals surface area contributed by atoms with Gasteiger partial charge in [-0.1, -0.05) is 11.6 Å². The highest BCUT2D eigenvalue weighted by atomic mass is 35.5. The first-order valence-electron chi connectivity index (χ1n) is 5.77. The molecule has 1 aromatic rings. The normalized spacial score (nSPS) is 22.9. The molecular formula is C12H15Cl2FN2. The van der Waals surface area contributed by atoms with Gasteiger partial charge in [0, 0.05) is 30.9 Å². The van der Waals surface area contributed by atoms with Crippen molar-refractivity contribution < 1.29 is 4.39 Å². The number of rotatable bonds is 4. The summed E-state index contributed by atoms with van der Waals surface area (Å²) in [6.45, 7) is 2.17. The molecule has 1 aromatic heterocycles.